The molecule has 2 fully saturated rings. The Balaban J connectivity index is 1.59. The largest absolute Gasteiger partial charge is 0.465 e. The Kier molecular flexibility index (Phi) is 17.0. The van der Waals surface area contributed by atoms with Gasteiger partial charge in [0.25, 0.3) is 5.69 Å². The lowest BCUT2D eigenvalue weighted by Crippen LogP contribution is -2.70. The summed E-state index contributed by atoms with van der Waals surface area (Å²) in [5.74, 6) is 0.155. The molecule has 1 aromatic carbocycles. The molecule has 1 aromatic rings. The number of aliphatic hydroxyl groups excluding tert-OH is 2. The zero-order valence-electron chi connectivity index (χ0n) is 38.7. The average Bonchev–Trinajstić information content (AvgIpc) is 3.15. The minimum atomic E-state index is -1.79. The fourth-order valence-electron chi connectivity index (χ4n) is 7.22. The quantitative estimate of drug-likeness (QED) is 0.0900. The zero-order chi connectivity index (χ0) is 48.8. The van der Waals surface area contributed by atoms with Crippen LogP contribution in [-0.2, 0) is 44.5 Å². The summed E-state index contributed by atoms with van der Waals surface area (Å²) in [6, 6.07) is 0.983. The van der Waals surface area contributed by atoms with Crippen LogP contribution >= 0.6 is 0 Å². The molecule has 366 valence electrons. The van der Waals surface area contributed by atoms with Crippen molar-refractivity contribution in [3.8, 4) is 0 Å². The molecular formula is C42H66N6O17. The molecule has 0 aromatic heterocycles. The molecule has 11 atom stereocenters. The van der Waals surface area contributed by atoms with E-state index < -0.39 is 119 Å². The van der Waals surface area contributed by atoms with Crippen molar-refractivity contribution in [3.63, 3.8) is 0 Å². The molecule has 2 heterocycles. The van der Waals surface area contributed by atoms with Crippen LogP contribution in [0.15, 0.2) is 36.1 Å². The first-order valence-electron chi connectivity index (χ1n) is 21.1. The second-order valence-electron chi connectivity index (χ2n) is 19.4. The molecule has 65 heavy (non-hydrogen) atoms. The SMILES string of the molecule is CN(C(=O)OC(C)(C)C)[C@@H]1[C@@H](O)[C@@H](O[C@@H]2[C@@H](O)[C@H](O[C@H]3OC(CNC(=O)OCc4ccc([N+](=O)[O-])cc4)=CC[C@H]3NC(=O)OC(C)(C)C)[C@@H](NC(=O)OC(C)(C)C)C[C@H]2N)OC[C@]1(C)O. The van der Waals surface area contributed by atoms with Crippen LogP contribution in [0.1, 0.15) is 87.6 Å². The van der Waals surface area contributed by atoms with Gasteiger partial charge < -0.3 is 79.8 Å². The number of ether oxygens (including phenoxy) is 8. The number of benzene rings is 1. The molecule has 1 aliphatic carbocycles. The normalized spacial score (nSPS) is 29.5. The number of nitro benzene ring substituents is 1. The maximum Gasteiger partial charge on any atom is 0.410 e. The molecule has 4 rings (SSSR count). The second-order valence-corrected chi connectivity index (χ2v) is 19.4. The van der Waals surface area contributed by atoms with E-state index in [1.54, 1.807) is 68.4 Å². The van der Waals surface area contributed by atoms with Crippen LogP contribution in [-0.4, -0.2) is 153 Å². The first-order valence-corrected chi connectivity index (χ1v) is 21.1. The van der Waals surface area contributed by atoms with Crippen molar-refractivity contribution < 1.29 is 77.3 Å². The Morgan fingerprint density at radius 1 is 0.862 bits per heavy atom. The number of carbonyl (C=O) groups is 4. The molecule has 0 radical (unpaired) electrons. The van der Waals surface area contributed by atoms with Crippen molar-refractivity contribution in [1.29, 1.82) is 0 Å². The number of nitrogens with one attached hydrogen (secondary N) is 3. The van der Waals surface area contributed by atoms with Crippen molar-refractivity contribution in [2.45, 2.75) is 172 Å². The molecule has 0 unspecified atom stereocenters. The van der Waals surface area contributed by atoms with Crippen molar-refractivity contribution in [2.75, 3.05) is 20.2 Å². The van der Waals surface area contributed by atoms with Gasteiger partial charge in [-0.15, -0.1) is 0 Å². The van der Waals surface area contributed by atoms with Crippen LogP contribution in [0.25, 0.3) is 0 Å². The highest BCUT2D eigenvalue weighted by Crippen LogP contribution is 2.34. The van der Waals surface area contributed by atoms with E-state index in [4.69, 9.17) is 43.6 Å². The second kappa shape index (κ2) is 21.1. The first kappa shape index (κ1) is 52.6. The summed E-state index contributed by atoms with van der Waals surface area (Å²) >= 11 is 0. The average molecular weight is 927 g/mol. The summed E-state index contributed by atoms with van der Waals surface area (Å²) in [7, 11) is 1.34. The minimum Gasteiger partial charge on any atom is -0.465 e. The summed E-state index contributed by atoms with van der Waals surface area (Å²) < 4.78 is 46.3. The van der Waals surface area contributed by atoms with Gasteiger partial charge in [-0.05, 0) is 106 Å². The van der Waals surface area contributed by atoms with Crippen LogP contribution in [0.2, 0.25) is 0 Å². The smallest absolute Gasteiger partial charge is 0.410 e. The number of carbonyl (C=O) groups excluding carboxylic acids is 4. The van der Waals surface area contributed by atoms with Crippen molar-refractivity contribution >= 4 is 30.1 Å². The van der Waals surface area contributed by atoms with Gasteiger partial charge in [-0.3, -0.25) is 10.1 Å². The van der Waals surface area contributed by atoms with Crippen molar-refractivity contribution in [2.24, 2.45) is 5.73 Å². The topological polar surface area (TPSA) is 311 Å². The summed E-state index contributed by atoms with van der Waals surface area (Å²) in [5.41, 5.74) is 2.48. The van der Waals surface area contributed by atoms with Gasteiger partial charge in [-0.25, -0.2) is 19.2 Å². The highest BCUT2D eigenvalue weighted by molar-refractivity contribution is 5.69. The number of nitrogens with two attached hydrogens (primary N) is 1. The molecule has 1 saturated carbocycles. The van der Waals surface area contributed by atoms with E-state index in [-0.39, 0.29) is 37.4 Å². The van der Waals surface area contributed by atoms with Crippen LogP contribution in [0.4, 0.5) is 24.9 Å². The predicted molar refractivity (Wildman–Crippen MR) is 228 cm³/mol. The Bertz CT molecular complexity index is 1860. The van der Waals surface area contributed by atoms with Gasteiger partial charge >= 0.3 is 24.4 Å². The molecule has 4 amide bonds. The highest BCUT2D eigenvalue weighted by atomic mass is 16.7. The number of rotatable bonds is 12. The first-order chi connectivity index (χ1) is 29.9. The minimum absolute atomic E-state index is 0.0553. The van der Waals surface area contributed by atoms with Crippen molar-refractivity contribution in [1.82, 2.24) is 20.9 Å². The van der Waals surface area contributed by atoms with E-state index >= 15 is 0 Å². The predicted octanol–water partition coefficient (Wildman–Crippen LogP) is 2.80. The van der Waals surface area contributed by atoms with Gasteiger partial charge in [0, 0.05) is 25.2 Å². The van der Waals surface area contributed by atoms with Crippen LogP contribution in [0.3, 0.4) is 0 Å². The lowest BCUT2D eigenvalue weighted by molar-refractivity contribution is -0.384. The fraction of sp³-hybridized carbons (Fsp3) is 0.714. The van der Waals surface area contributed by atoms with Crippen LogP contribution in [0, 0.1) is 10.1 Å². The van der Waals surface area contributed by atoms with E-state index in [1.165, 1.54) is 38.2 Å². The Morgan fingerprint density at radius 2 is 1.42 bits per heavy atom. The number of alkyl carbamates (subject to hydrolysis) is 3. The third-order valence-corrected chi connectivity index (χ3v) is 10.0. The zero-order valence-corrected chi connectivity index (χ0v) is 38.7. The number of hydrogen-bond acceptors (Lipinski definition) is 18. The molecule has 8 N–H and O–H groups in total. The number of nitro groups is 1. The number of hydrogen-bond donors (Lipinski definition) is 7. The third-order valence-electron chi connectivity index (χ3n) is 10.0. The Morgan fingerprint density at radius 3 is 1.97 bits per heavy atom. The number of likely N-dealkylation sites (N-methyl/N-ethyl adjacent to an activating group) is 1. The number of non-ortho nitro benzene ring substituents is 1. The van der Waals surface area contributed by atoms with Crippen molar-refractivity contribution in [3.05, 3.63) is 51.8 Å². The molecule has 1 saturated heterocycles. The molecule has 3 aliphatic rings. The Labute approximate surface area is 377 Å². The van der Waals surface area contributed by atoms with Gasteiger partial charge in [0.1, 0.15) is 59.2 Å². The summed E-state index contributed by atoms with van der Waals surface area (Å²) in [6.07, 6.45) is -11.2. The van der Waals surface area contributed by atoms with Gasteiger partial charge in [-0.1, -0.05) is 0 Å². The summed E-state index contributed by atoms with van der Waals surface area (Å²) in [4.78, 5) is 63.5. The number of aliphatic hydroxyl groups is 3. The standard InChI is InChI=1S/C42H66N6O17/c1-39(2,3)63-36(52)45-26-17-16-24(19-44-35(51)58-20-22-12-14-23(15-13-22)48(56)57)60-33(26)62-31-27(46-37(53)64-40(4,5)6)18-25(43)30(28(31)49)61-34-29(50)32(42(10,55)21-59-34)47(11)38(54)65-41(7,8)9/h12-16,25-34,49-50,55H,17-21,43H2,1-11H3,(H,44,51)(H,45,52)(H,46,53)/t25-,26-,27+,28-,29-,30+,31-,32-,33-,34-,42+/m1/s1. The monoisotopic (exact) mass is 926 g/mol. The fourth-order valence-corrected chi connectivity index (χ4v) is 7.22. The van der Waals surface area contributed by atoms with Gasteiger partial charge in [-0.2, -0.15) is 0 Å². The summed E-state index contributed by atoms with van der Waals surface area (Å²) in [5, 5.41) is 53.9. The van der Waals surface area contributed by atoms with E-state index in [0.717, 1.165) is 4.90 Å². The lowest BCUT2D eigenvalue weighted by atomic mass is 9.83. The number of nitrogens with zero attached hydrogens (tertiary/aromatic N) is 2. The van der Waals surface area contributed by atoms with E-state index in [9.17, 15) is 44.6 Å². The molecule has 0 bridgehead atoms. The Hall–Kier alpha value is -5.04. The van der Waals surface area contributed by atoms with Crippen LogP contribution in [0.5, 0.6) is 0 Å². The van der Waals surface area contributed by atoms with Gasteiger partial charge in [0.2, 0.25) is 6.29 Å². The van der Waals surface area contributed by atoms with Gasteiger partial charge in [0.05, 0.1) is 36.2 Å². The maximum atomic E-state index is 13.2. The highest BCUT2D eigenvalue weighted by Gasteiger charge is 2.54. The molecular weight excluding hydrogens is 860 g/mol. The van der Waals surface area contributed by atoms with E-state index in [2.05, 4.69) is 16.0 Å². The number of amides is 4. The van der Waals surface area contributed by atoms with E-state index in [1.807, 2.05) is 0 Å². The van der Waals surface area contributed by atoms with Gasteiger partial charge in [0.15, 0.2) is 6.29 Å². The molecule has 23 heteroatoms. The van der Waals surface area contributed by atoms with Crippen LogP contribution < -0.4 is 21.7 Å². The van der Waals surface area contributed by atoms with E-state index in [0.29, 0.717) is 5.56 Å². The maximum absolute atomic E-state index is 13.2. The molecule has 2 aliphatic heterocycles. The lowest BCUT2D eigenvalue weighted by Gasteiger charge is -2.50. The molecule has 0 spiro atoms. The third kappa shape index (κ3) is 15.5. The molecule has 23 nitrogen and oxygen atoms in total. The summed E-state index contributed by atoms with van der Waals surface area (Å²) in [6.45, 7) is 15.5.